The van der Waals surface area contributed by atoms with E-state index in [0.717, 1.165) is 10.1 Å². The van der Waals surface area contributed by atoms with Crippen LogP contribution in [0.5, 0.6) is 11.5 Å². The Morgan fingerprint density at radius 2 is 1.77 bits per heavy atom. The lowest BCUT2D eigenvalue weighted by molar-refractivity contribution is -0.118. The van der Waals surface area contributed by atoms with Crippen molar-refractivity contribution in [1.82, 2.24) is 9.66 Å². The second-order valence-corrected chi connectivity index (χ2v) is 10.8. The van der Waals surface area contributed by atoms with Gasteiger partial charge in [-0.2, -0.15) is 9.78 Å². The quantitative estimate of drug-likeness (QED) is 0.170. The Labute approximate surface area is 265 Å². The van der Waals surface area contributed by atoms with Crippen molar-refractivity contribution < 1.29 is 18.7 Å². The smallest absolute Gasteiger partial charge is 0.282 e. The molecule has 12 heteroatoms. The van der Waals surface area contributed by atoms with Crippen molar-refractivity contribution in [3.63, 3.8) is 0 Å². The highest BCUT2D eigenvalue weighted by Gasteiger charge is 2.18. The van der Waals surface area contributed by atoms with Gasteiger partial charge in [-0.1, -0.05) is 46.9 Å². The van der Waals surface area contributed by atoms with Crippen LogP contribution in [0.2, 0.25) is 15.1 Å². The summed E-state index contributed by atoms with van der Waals surface area (Å²) in [5, 5.41) is 9.58. The topological polar surface area (TPSA) is 108 Å². The molecule has 0 aliphatic carbocycles. The van der Waals surface area contributed by atoms with Gasteiger partial charge in [0.15, 0.2) is 23.9 Å². The number of methoxy groups -OCH3 is 1. The van der Waals surface area contributed by atoms with E-state index in [1.165, 1.54) is 13.3 Å². The van der Waals surface area contributed by atoms with Gasteiger partial charge in [0.05, 0.1) is 29.2 Å². The zero-order chi connectivity index (χ0) is 30.8. The van der Waals surface area contributed by atoms with Gasteiger partial charge in [-0.25, -0.2) is 4.98 Å². The normalized spacial score (nSPS) is 11.4. The molecule has 44 heavy (non-hydrogen) atoms. The van der Waals surface area contributed by atoms with Crippen LogP contribution in [0.25, 0.3) is 33.5 Å². The molecule has 0 unspecified atom stereocenters. The molecule has 0 saturated heterocycles. The van der Waals surface area contributed by atoms with Crippen molar-refractivity contribution in [1.29, 1.82) is 0 Å². The predicted octanol–water partition coefficient (Wildman–Crippen LogP) is 7.68. The largest absolute Gasteiger partial charge is 0.493 e. The number of halogens is 3. The minimum Gasteiger partial charge on any atom is -0.493 e. The summed E-state index contributed by atoms with van der Waals surface area (Å²) in [6, 6.07) is 23.8. The third kappa shape index (κ3) is 6.12. The molecule has 1 amide bonds. The van der Waals surface area contributed by atoms with E-state index in [2.05, 4.69) is 15.4 Å². The van der Waals surface area contributed by atoms with Gasteiger partial charge >= 0.3 is 0 Å². The number of hydrogen-bond donors (Lipinski definition) is 1. The Kier molecular flexibility index (Phi) is 8.25. The van der Waals surface area contributed by atoms with Crippen molar-refractivity contribution in [2.24, 2.45) is 5.10 Å². The molecule has 0 bridgehead atoms. The molecule has 2 aromatic heterocycles. The first-order valence-electron chi connectivity index (χ1n) is 13.1. The van der Waals surface area contributed by atoms with E-state index >= 15 is 0 Å². The van der Waals surface area contributed by atoms with Crippen LogP contribution < -0.4 is 20.3 Å². The number of carbonyl (C=O) groups excluding carboxylic acids is 1. The molecular formula is C32H21Cl3N4O5. The fourth-order valence-corrected chi connectivity index (χ4v) is 5.04. The number of benzene rings is 4. The first-order valence-corrected chi connectivity index (χ1v) is 14.2. The van der Waals surface area contributed by atoms with Gasteiger partial charge in [-0.05, 0) is 78.4 Å². The van der Waals surface area contributed by atoms with Gasteiger partial charge in [0.1, 0.15) is 5.58 Å². The molecule has 0 fully saturated rings. The molecule has 2 heterocycles. The number of rotatable bonds is 8. The Bertz CT molecular complexity index is 2120. The minimum absolute atomic E-state index is 0.170. The van der Waals surface area contributed by atoms with E-state index in [1.807, 2.05) is 0 Å². The second kappa shape index (κ2) is 12.4. The molecule has 4 aromatic carbocycles. The number of carbonyl (C=O) groups is 1. The molecule has 0 saturated carbocycles. The lowest BCUT2D eigenvalue weighted by Crippen LogP contribution is -2.20. The monoisotopic (exact) mass is 646 g/mol. The minimum atomic E-state index is -0.403. The van der Waals surface area contributed by atoms with E-state index in [4.69, 9.17) is 48.7 Å². The standard InChI is InChI=1S/C32H21Cl3N4O5/c1-42-27-13-18(12-24(35)30(27)43-17-29(40)37-22-9-6-20(33)7-10-22)16-36-39-31(38-25-5-3-2-4-23(25)32(39)41)28-15-19-14-21(34)8-11-26(19)44-28/h2-16H,17H2,1H3,(H,37,40). The van der Waals surface area contributed by atoms with Crippen molar-refractivity contribution in [2.45, 2.75) is 0 Å². The van der Waals surface area contributed by atoms with E-state index in [1.54, 1.807) is 84.9 Å². The summed E-state index contributed by atoms with van der Waals surface area (Å²) in [5.41, 5.74) is 1.73. The number of ether oxygens (including phenoxy) is 2. The van der Waals surface area contributed by atoms with Crippen molar-refractivity contribution in [2.75, 3.05) is 19.0 Å². The summed E-state index contributed by atoms with van der Waals surface area (Å²) in [7, 11) is 1.44. The Morgan fingerprint density at radius 1 is 1.00 bits per heavy atom. The van der Waals surface area contributed by atoms with Gasteiger partial charge in [0.25, 0.3) is 11.5 Å². The average Bonchev–Trinajstić information content (AvgIpc) is 3.44. The number of furan rings is 1. The summed E-state index contributed by atoms with van der Waals surface area (Å²) in [4.78, 5) is 30.7. The van der Waals surface area contributed by atoms with Crippen molar-refractivity contribution in [3.8, 4) is 23.1 Å². The highest BCUT2D eigenvalue weighted by Crippen LogP contribution is 2.36. The van der Waals surface area contributed by atoms with Gasteiger partial charge in [0, 0.05) is 21.1 Å². The zero-order valence-electron chi connectivity index (χ0n) is 22.9. The van der Waals surface area contributed by atoms with Gasteiger partial charge in [-0.3, -0.25) is 9.59 Å². The molecule has 9 nitrogen and oxygen atoms in total. The van der Waals surface area contributed by atoms with E-state index < -0.39 is 11.5 Å². The van der Waals surface area contributed by atoms with E-state index in [-0.39, 0.29) is 29.0 Å². The Morgan fingerprint density at radius 3 is 2.57 bits per heavy atom. The summed E-state index contributed by atoms with van der Waals surface area (Å²) in [5.74, 6) is 0.556. The maximum Gasteiger partial charge on any atom is 0.282 e. The summed E-state index contributed by atoms with van der Waals surface area (Å²) < 4.78 is 18.3. The highest BCUT2D eigenvalue weighted by molar-refractivity contribution is 6.32. The number of nitrogens with zero attached hydrogens (tertiary/aromatic N) is 3. The molecule has 0 aliphatic rings. The first kappa shape index (κ1) is 29.3. The molecule has 1 N–H and O–H groups in total. The van der Waals surface area contributed by atoms with Crippen LogP contribution >= 0.6 is 34.8 Å². The molecule has 6 aromatic rings. The molecule has 0 aliphatic heterocycles. The SMILES string of the molecule is COc1cc(C=Nn2c(-c3cc4cc(Cl)ccc4o3)nc3ccccc3c2=O)cc(Cl)c1OCC(=O)Nc1ccc(Cl)cc1. The lowest BCUT2D eigenvalue weighted by Gasteiger charge is -2.13. The van der Waals surface area contributed by atoms with Crippen LogP contribution in [0.1, 0.15) is 5.56 Å². The second-order valence-electron chi connectivity index (χ2n) is 9.48. The summed E-state index contributed by atoms with van der Waals surface area (Å²) in [6.07, 6.45) is 1.44. The number of para-hydroxylation sites is 1. The van der Waals surface area contributed by atoms with Crippen LogP contribution in [0, 0.1) is 0 Å². The van der Waals surface area contributed by atoms with Crippen LogP contribution in [0.3, 0.4) is 0 Å². The lowest BCUT2D eigenvalue weighted by atomic mass is 10.2. The van der Waals surface area contributed by atoms with Crippen LogP contribution in [-0.2, 0) is 4.79 Å². The van der Waals surface area contributed by atoms with E-state index in [9.17, 15) is 9.59 Å². The van der Waals surface area contributed by atoms with E-state index in [0.29, 0.717) is 43.5 Å². The van der Waals surface area contributed by atoms with Crippen LogP contribution in [0.4, 0.5) is 5.69 Å². The van der Waals surface area contributed by atoms with Crippen molar-refractivity contribution >= 4 is 74.5 Å². The summed E-state index contributed by atoms with van der Waals surface area (Å²) in [6.45, 7) is -0.323. The Hall–Kier alpha value is -4.83. The first-order chi connectivity index (χ1) is 21.3. The fraction of sp³-hybridized carbons (Fsp3) is 0.0625. The molecule has 0 spiro atoms. The van der Waals surface area contributed by atoms with Crippen LogP contribution in [-0.4, -0.2) is 35.5 Å². The maximum absolute atomic E-state index is 13.6. The third-order valence-electron chi connectivity index (χ3n) is 6.50. The number of aromatic nitrogens is 2. The average molecular weight is 648 g/mol. The number of anilines is 1. The fourth-order valence-electron chi connectivity index (χ4n) is 4.46. The highest BCUT2D eigenvalue weighted by atomic mass is 35.5. The molecular weight excluding hydrogens is 627 g/mol. The predicted molar refractivity (Wildman–Crippen MR) is 173 cm³/mol. The molecule has 6 rings (SSSR count). The number of amides is 1. The molecule has 0 atom stereocenters. The molecule has 0 radical (unpaired) electrons. The third-order valence-corrected chi connectivity index (χ3v) is 7.27. The summed E-state index contributed by atoms with van der Waals surface area (Å²) >= 11 is 18.6. The van der Waals surface area contributed by atoms with Gasteiger partial charge in [-0.15, -0.1) is 0 Å². The number of hydrogen-bond acceptors (Lipinski definition) is 7. The zero-order valence-corrected chi connectivity index (χ0v) is 25.2. The van der Waals surface area contributed by atoms with Gasteiger partial charge < -0.3 is 19.2 Å². The van der Waals surface area contributed by atoms with Crippen LogP contribution in [0.15, 0.2) is 99.2 Å². The van der Waals surface area contributed by atoms with Crippen molar-refractivity contribution in [3.05, 3.63) is 116 Å². The number of fused-ring (bicyclic) bond motifs is 2. The Balaban J connectivity index is 1.31. The van der Waals surface area contributed by atoms with Gasteiger partial charge in [0.2, 0.25) is 5.82 Å². The number of nitrogens with one attached hydrogen (secondary N) is 1. The molecule has 220 valence electrons. The maximum atomic E-state index is 13.6.